The SMILES string of the molecule is O=C(C(=O)c1cc2c(cc1O)CCCC2)c1ccccc1. The van der Waals surface area contributed by atoms with Crippen molar-refractivity contribution in [3.63, 3.8) is 0 Å². The van der Waals surface area contributed by atoms with Crippen LogP contribution in [0.3, 0.4) is 0 Å². The average molecular weight is 280 g/mol. The standard InChI is InChI=1S/C18H16O3/c19-16-11-14-9-5-4-8-13(14)10-15(16)18(21)17(20)12-6-2-1-3-7-12/h1-3,6-7,10-11,19H,4-5,8-9H2. The van der Waals surface area contributed by atoms with Crippen LogP contribution in [0, 0.1) is 0 Å². The largest absolute Gasteiger partial charge is 0.507 e. The normalized spacial score (nSPS) is 13.5. The first-order valence-electron chi connectivity index (χ1n) is 7.15. The van der Waals surface area contributed by atoms with Crippen LogP contribution in [0.15, 0.2) is 42.5 Å². The fourth-order valence-electron chi connectivity index (χ4n) is 2.80. The van der Waals surface area contributed by atoms with E-state index in [-0.39, 0.29) is 11.3 Å². The summed E-state index contributed by atoms with van der Waals surface area (Å²) < 4.78 is 0. The van der Waals surface area contributed by atoms with Gasteiger partial charge in [0.2, 0.25) is 11.6 Å². The summed E-state index contributed by atoms with van der Waals surface area (Å²) in [6, 6.07) is 11.8. The van der Waals surface area contributed by atoms with Crippen molar-refractivity contribution >= 4 is 11.6 Å². The van der Waals surface area contributed by atoms with Crippen molar-refractivity contribution in [2.24, 2.45) is 0 Å². The van der Waals surface area contributed by atoms with E-state index >= 15 is 0 Å². The van der Waals surface area contributed by atoms with Gasteiger partial charge in [-0.25, -0.2) is 0 Å². The van der Waals surface area contributed by atoms with Gasteiger partial charge in [0.25, 0.3) is 0 Å². The first-order chi connectivity index (χ1) is 10.2. The van der Waals surface area contributed by atoms with Crippen LogP contribution in [-0.4, -0.2) is 16.7 Å². The molecule has 1 aliphatic rings. The summed E-state index contributed by atoms with van der Waals surface area (Å²) in [4.78, 5) is 24.5. The lowest BCUT2D eigenvalue weighted by atomic mass is 9.88. The molecule has 0 spiro atoms. The van der Waals surface area contributed by atoms with Crippen molar-refractivity contribution in [1.82, 2.24) is 0 Å². The predicted octanol–water partition coefficient (Wildman–Crippen LogP) is 3.34. The van der Waals surface area contributed by atoms with Crippen LogP contribution in [0.2, 0.25) is 0 Å². The van der Waals surface area contributed by atoms with Gasteiger partial charge >= 0.3 is 0 Å². The van der Waals surface area contributed by atoms with E-state index in [1.54, 1.807) is 42.5 Å². The molecule has 0 saturated carbocycles. The molecule has 0 bridgehead atoms. The number of aryl methyl sites for hydroxylation is 2. The Bertz CT molecular complexity index is 702. The molecule has 0 saturated heterocycles. The number of rotatable bonds is 3. The molecule has 0 heterocycles. The van der Waals surface area contributed by atoms with Crippen molar-refractivity contribution in [2.75, 3.05) is 0 Å². The number of carbonyl (C=O) groups is 2. The highest BCUT2D eigenvalue weighted by atomic mass is 16.3. The molecule has 0 radical (unpaired) electrons. The minimum atomic E-state index is -0.646. The minimum absolute atomic E-state index is 0.0927. The van der Waals surface area contributed by atoms with Gasteiger partial charge in [-0.15, -0.1) is 0 Å². The highest BCUT2D eigenvalue weighted by Gasteiger charge is 2.23. The summed E-state index contributed by atoms with van der Waals surface area (Å²) in [7, 11) is 0. The van der Waals surface area contributed by atoms with Crippen molar-refractivity contribution < 1.29 is 14.7 Å². The van der Waals surface area contributed by atoms with E-state index in [9.17, 15) is 14.7 Å². The molecular weight excluding hydrogens is 264 g/mol. The molecule has 1 aliphatic carbocycles. The molecular formula is C18H16O3. The lowest BCUT2D eigenvalue weighted by molar-refractivity contribution is 0.0815. The number of aromatic hydroxyl groups is 1. The van der Waals surface area contributed by atoms with Crippen LogP contribution in [-0.2, 0) is 12.8 Å². The van der Waals surface area contributed by atoms with E-state index in [0.717, 1.165) is 36.8 Å². The van der Waals surface area contributed by atoms with Crippen LogP contribution >= 0.6 is 0 Å². The molecule has 21 heavy (non-hydrogen) atoms. The van der Waals surface area contributed by atoms with E-state index in [1.165, 1.54) is 0 Å². The number of phenols is 1. The summed E-state index contributed by atoms with van der Waals surface area (Å²) in [5.41, 5.74) is 2.62. The summed E-state index contributed by atoms with van der Waals surface area (Å²) in [6.07, 6.45) is 4.00. The van der Waals surface area contributed by atoms with Crippen molar-refractivity contribution in [2.45, 2.75) is 25.7 Å². The number of ketones is 2. The number of hydrogen-bond acceptors (Lipinski definition) is 3. The number of fused-ring (bicyclic) bond motifs is 1. The highest BCUT2D eigenvalue weighted by Crippen LogP contribution is 2.29. The van der Waals surface area contributed by atoms with Gasteiger partial charge in [-0.1, -0.05) is 30.3 Å². The van der Waals surface area contributed by atoms with Crippen LogP contribution in [0.5, 0.6) is 5.75 Å². The predicted molar refractivity (Wildman–Crippen MR) is 79.9 cm³/mol. The maximum atomic E-state index is 12.3. The summed E-state index contributed by atoms with van der Waals surface area (Å²) >= 11 is 0. The summed E-state index contributed by atoms with van der Waals surface area (Å²) in [5.74, 6) is -1.32. The Morgan fingerprint density at radius 3 is 2.14 bits per heavy atom. The Labute approximate surface area is 123 Å². The molecule has 2 aromatic carbocycles. The van der Waals surface area contributed by atoms with Crippen molar-refractivity contribution in [3.05, 3.63) is 64.7 Å². The van der Waals surface area contributed by atoms with Crippen LogP contribution in [0.25, 0.3) is 0 Å². The monoisotopic (exact) mass is 280 g/mol. The van der Waals surface area contributed by atoms with Gasteiger partial charge in [0.05, 0.1) is 5.56 Å². The van der Waals surface area contributed by atoms with Gasteiger partial charge in [-0.3, -0.25) is 9.59 Å². The fourth-order valence-corrected chi connectivity index (χ4v) is 2.80. The smallest absolute Gasteiger partial charge is 0.237 e. The first-order valence-corrected chi connectivity index (χ1v) is 7.15. The van der Waals surface area contributed by atoms with Crippen molar-refractivity contribution in [3.8, 4) is 5.75 Å². The van der Waals surface area contributed by atoms with Gasteiger partial charge in [0.1, 0.15) is 5.75 Å². The molecule has 0 aromatic heterocycles. The molecule has 1 N–H and O–H groups in total. The molecule has 2 aromatic rings. The second-order valence-electron chi connectivity index (χ2n) is 5.37. The molecule has 0 atom stereocenters. The van der Waals surface area contributed by atoms with Gasteiger partial charge in [0.15, 0.2) is 0 Å². The third-order valence-corrected chi connectivity index (χ3v) is 3.95. The zero-order valence-electron chi connectivity index (χ0n) is 11.6. The van der Waals surface area contributed by atoms with E-state index in [0.29, 0.717) is 5.56 Å². The van der Waals surface area contributed by atoms with Gasteiger partial charge in [0, 0.05) is 5.56 Å². The van der Waals surface area contributed by atoms with Crippen LogP contribution < -0.4 is 0 Å². The molecule has 0 unspecified atom stereocenters. The number of hydrogen-bond donors (Lipinski definition) is 1. The van der Waals surface area contributed by atoms with E-state index in [1.807, 2.05) is 0 Å². The molecule has 0 amide bonds. The van der Waals surface area contributed by atoms with Gasteiger partial charge in [-0.05, 0) is 48.9 Å². The molecule has 3 rings (SSSR count). The molecule has 106 valence electrons. The quantitative estimate of drug-likeness (QED) is 0.693. The maximum absolute atomic E-state index is 12.3. The molecule has 0 aliphatic heterocycles. The molecule has 3 heteroatoms. The number of benzene rings is 2. The Morgan fingerprint density at radius 2 is 1.48 bits per heavy atom. The third-order valence-electron chi connectivity index (χ3n) is 3.95. The minimum Gasteiger partial charge on any atom is -0.507 e. The number of phenolic OH excluding ortho intramolecular Hbond substituents is 1. The van der Waals surface area contributed by atoms with Crippen LogP contribution in [0.1, 0.15) is 44.7 Å². The third kappa shape index (κ3) is 2.59. The van der Waals surface area contributed by atoms with E-state index in [4.69, 9.17) is 0 Å². The van der Waals surface area contributed by atoms with Gasteiger partial charge in [-0.2, -0.15) is 0 Å². The lowest BCUT2D eigenvalue weighted by Gasteiger charge is -2.17. The second-order valence-corrected chi connectivity index (χ2v) is 5.37. The summed E-state index contributed by atoms with van der Waals surface area (Å²) in [6.45, 7) is 0. The Morgan fingerprint density at radius 1 is 0.857 bits per heavy atom. The zero-order chi connectivity index (χ0) is 14.8. The topological polar surface area (TPSA) is 54.4 Å². The fraction of sp³-hybridized carbons (Fsp3) is 0.222. The maximum Gasteiger partial charge on any atom is 0.237 e. The summed E-state index contributed by atoms with van der Waals surface area (Å²) in [5, 5.41) is 10.1. The van der Waals surface area contributed by atoms with Crippen molar-refractivity contribution in [1.29, 1.82) is 0 Å². The average Bonchev–Trinajstić information content (AvgIpc) is 2.53. The molecule has 3 nitrogen and oxygen atoms in total. The highest BCUT2D eigenvalue weighted by molar-refractivity contribution is 6.49. The Hall–Kier alpha value is -2.42. The zero-order valence-corrected chi connectivity index (χ0v) is 11.6. The van der Waals surface area contributed by atoms with Crippen LogP contribution in [0.4, 0.5) is 0 Å². The van der Waals surface area contributed by atoms with E-state index < -0.39 is 11.6 Å². The van der Waals surface area contributed by atoms with Gasteiger partial charge < -0.3 is 5.11 Å². The van der Waals surface area contributed by atoms with E-state index in [2.05, 4.69) is 0 Å². The Kier molecular flexibility index (Phi) is 3.57. The first kappa shape index (κ1) is 13.6. The second kappa shape index (κ2) is 5.52. The molecule has 0 fully saturated rings. The number of carbonyl (C=O) groups excluding carboxylic acids is 2. The number of Topliss-reactive ketones (excluding diaryl/α,β-unsaturated/α-hetero) is 2. The lowest BCUT2D eigenvalue weighted by Crippen LogP contribution is -2.16. The Balaban J connectivity index is 1.96.